The zero-order valence-electron chi connectivity index (χ0n) is 10.5. The molecule has 0 bridgehead atoms. The molecule has 1 aliphatic rings. The van der Waals surface area contributed by atoms with Crippen LogP contribution in [0.25, 0.3) is 0 Å². The van der Waals surface area contributed by atoms with E-state index in [0.717, 1.165) is 44.7 Å². The van der Waals surface area contributed by atoms with Gasteiger partial charge in [-0.2, -0.15) is 0 Å². The Balaban J connectivity index is 1.92. The molecule has 3 heteroatoms. The summed E-state index contributed by atoms with van der Waals surface area (Å²) in [4.78, 5) is 2.47. The molecule has 2 rings (SSSR count). The fraction of sp³-hybridized carbons (Fsp3) is 0.571. The van der Waals surface area contributed by atoms with Gasteiger partial charge in [0.2, 0.25) is 0 Å². The van der Waals surface area contributed by atoms with Crippen LogP contribution in [0.3, 0.4) is 0 Å². The van der Waals surface area contributed by atoms with Crippen LogP contribution in [0.2, 0.25) is 0 Å². The predicted molar refractivity (Wildman–Crippen MR) is 69.0 cm³/mol. The van der Waals surface area contributed by atoms with Gasteiger partial charge in [-0.25, -0.2) is 4.39 Å². The second kappa shape index (κ2) is 6.12. The molecule has 1 heterocycles. The van der Waals surface area contributed by atoms with Crippen LogP contribution in [0.1, 0.15) is 16.7 Å². The highest BCUT2D eigenvalue weighted by Gasteiger charge is 2.09. The molecule has 1 saturated heterocycles. The summed E-state index contributed by atoms with van der Waals surface area (Å²) in [5.41, 5.74) is 3.36. The Bertz CT molecular complexity index is 359. The fourth-order valence-corrected chi connectivity index (χ4v) is 2.29. The normalized spacial score (nSPS) is 17.3. The minimum Gasteiger partial charge on any atom is -0.314 e. The van der Waals surface area contributed by atoms with Crippen molar-refractivity contribution in [3.05, 3.63) is 34.9 Å². The van der Waals surface area contributed by atoms with Crippen molar-refractivity contribution in [2.45, 2.75) is 20.0 Å². The molecule has 0 spiro atoms. The first-order chi connectivity index (χ1) is 8.29. The molecule has 1 fully saturated rings. The number of nitrogens with one attached hydrogen (secondary N) is 1. The van der Waals surface area contributed by atoms with Crippen LogP contribution in [-0.2, 0) is 13.1 Å². The molecule has 0 aromatic heterocycles. The van der Waals surface area contributed by atoms with E-state index in [4.69, 9.17) is 0 Å². The Morgan fingerprint density at radius 3 is 2.76 bits per heavy atom. The maximum Gasteiger partial charge on any atom is 0.115 e. The molecule has 1 aromatic carbocycles. The zero-order chi connectivity index (χ0) is 12.1. The van der Waals surface area contributed by atoms with Gasteiger partial charge in [-0.1, -0.05) is 18.2 Å². The monoisotopic (exact) mass is 236 g/mol. The fourth-order valence-electron chi connectivity index (χ4n) is 2.29. The summed E-state index contributed by atoms with van der Waals surface area (Å²) in [6.07, 6.45) is 1.03. The smallest absolute Gasteiger partial charge is 0.115 e. The van der Waals surface area contributed by atoms with E-state index < -0.39 is 0 Å². The van der Waals surface area contributed by atoms with Crippen LogP contribution in [0.4, 0.5) is 4.39 Å². The number of rotatable bonds is 4. The van der Waals surface area contributed by atoms with E-state index in [1.165, 1.54) is 11.1 Å². The molecule has 94 valence electrons. The number of alkyl halides is 1. The van der Waals surface area contributed by atoms with Gasteiger partial charge in [0.15, 0.2) is 0 Å². The van der Waals surface area contributed by atoms with E-state index >= 15 is 0 Å². The molecule has 0 atom stereocenters. The van der Waals surface area contributed by atoms with Gasteiger partial charge in [0.1, 0.15) is 6.67 Å². The molecule has 0 unspecified atom stereocenters. The van der Waals surface area contributed by atoms with Gasteiger partial charge in [-0.15, -0.1) is 0 Å². The van der Waals surface area contributed by atoms with Crippen molar-refractivity contribution < 1.29 is 4.39 Å². The van der Waals surface area contributed by atoms with E-state index in [0.29, 0.717) is 0 Å². The standard InChI is InChI=1S/C14H21FN2/c1-12-2-3-13(11-15)10-14(12)4-7-17-8-5-16-6-9-17/h2-3,10,16H,4-9,11H2,1H3. The number of piperazine rings is 1. The zero-order valence-corrected chi connectivity index (χ0v) is 10.5. The quantitative estimate of drug-likeness (QED) is 0.859. The third kappa shape index (κ3) is 3.51. The third-order valence-corrected chi connectivity index (χ3v) is 3.47. The van der Waals surface area contributed by atoms with Gasteiger partial charge in [0.25, 0.3) is 0 Å². The maximum atomic E-state index is 12.6. The van der Waals surface area contributed by atoms with Crippen molar-refractivity contribution in [3.63, 3.8) is 0 Å². The first-order valence-electron chi connectivity index (χ1n) is 6.37. The number of nitrogens with zero attached hydrogens (tertiary/aromatic N) is 1. The average molecular weight is 236 g/mol. The van der Waals surface area contributed by atoms with Crippen molar-refractivity contribution in [3.8, 4) is 0 Å². The highest BCUT2D eigenvalue weighted by atomic mass is 19.1. The highest BCUT2D eigenvalue weighted by molar-refractivity contribution is 5.31. The molecular formula is C14H21FN2. The summed E-state index contributed by atoms with van der Waals surface area (Å²) in [5.74, 6) is 0. The van der Waals surface area contributed by atoms with Crippen molar-refractivity contribution in [1.82, 2.24) is 10.2 Å². The second-order valence-corrected chi connectivity index (χ2v) is 4.74. The first-order valence-corrected chi connectivity index (χ1v) is 6.37. The lowest BCUT2D eigenvalue weighted by molar-refractivity contribution is 0.244. The maximum absolute atomic E-state index is 12.6. The molecular weight excluding hydrogens is 215 g/mol. The average Bonchev–Trinajstić information content (AvgIpc) is 2.39. The van der Waals surface area contributed by atoms with Gasteiger partial charge in [0, 0.05) is 32.7 Å². The van der Waals surface area contributed by atoms with E-state index in [-0.39, 0.29) is 6.67 Å². The Kier molecular flexibility index (Phi) is 4.51. The summed E-state index contributed by atoms with van der Waals surface area (Å²) in [6.45, 7) is 7.25. The van der Waals surface area contributed by atoms with Crippen LogP contribution >= 0.6 is 0 Å². The highest BCUT2D eigenvalue weighted by Crippen LogP contribution is 2.13. The molecule has 2 nitrogen and oxygen atoms in total. The van der Waals surface area contributed by atoms with Crippen LogP contribution < -0.4 is 5.32 Å². The Morgan fingerprint density at radius 1 is 1.29 bits per heavy atom. The largest absolute Gasteiger partial charge is 0.314 e. The molecule has 1 N–H and O–H groups in total. The molecule has 0 saturated carbocycles. The summed E-state index contributed by atoms with van der Waals surface area (Å²) in [7, 11) is 0. The van der Waals surface area contributed by atoms with Crippen molar-refractivity contribution >= 4 is 0 Å². The summed E-state index contributed by atoms with van der Waals surface area (Å²) >= 11 is 0. The van der Waals surface area contributed by atoms with Gasteiger partial charge in [-0.05, 0) is 30.0 Å². The molecule has 1 aromatic rings. The van der Waals surface area contributed by atoms with Gasteiger partial charge in [0.05, 0.1) is 0 Å². The van der Waals surface area contributed by atoms with Crippen molar-refractivity contribution in [2.75, 3.05) is 32.7 Å². The SMILES string of the molecule is Cc1ccc(CF)cc1CCN1CCNCC1. The Hall–Kier alpha value is -0.930. The predicted octanol–water partition coefficient (Wildman–Crippen LogP) is 1.91. The van der Waals surface area contributed by atoms with Crippen LogP contribution in [0.15, 0.2) is 18.2 Å². The van der Waals surface area contributed by atoms with E-state index in [2.05, 4.69) is 17.1 Å². The number of hydrogen-bond donors (Lipinski definition) is 1. The van der Waals surface area contributed by atoms with Crippen molar-refractivity contribution in [2.24, 2.45) is 0 Å². The number of halogens is 1. The summed E-state index contributed by atoms with van der Waals surface area (Å²) < 4.78 is 12.6. The number of hydrogen-bond acceptors (Lipinski definition) is 2. The van der Waals surface area contributed by atoms with Crippen molar-refractivity contribution in [1.29, 1.82) is 0 Å². The van der Waals surface area contributed by atoms with Gasteiger partial charge >= 0.3 is 0 Å². The van der Waals surface area contributed by atoms with E-state index in [1.807, 2.05) is 18.2 Å². The lowest BCUT2D eigenvalue weighted by Gasteiger charge is -2.27. The first kappa shape index (κ1) is 12.5. The minimum absolute atomic E-state index is 0.360. The molecule has 0 amide bonds. The van der Waals surface area contributed by atoms with Gasteiger partial charge < -0.3 is 10.2 Å². The van der Waals surface area contributed by atoms with E-state index in [9.17, 15) is 4.39 Å². The Labute approximate surface area is 103 Å². The molecule has 17 heavy (non-hydrogen) atoms. The molecule has 0 aliphatic carbocycles. The number of benzene rings is 1. The lowest BCUT2D eigenvalue weighted by atomic mass is 10.0. The van der Waals surface area contributed by atoms with Gasteiger partial charge in [-0.3, -0.25) is 0 Å². The Morgan fingerprint density at radius 2 is 2.06 bits per heavy atom. The lowest BCUT2D eigenvalue weighted by Crippen LogP contribution is -2.44. The van der Waals surface area contributed by atoms with Crippen LogP contribution in [-0.4, -0.2) is 37.6 Å². The molecule has 0 radical (unpaired) electrons. The van der Waals surface area contributed by atoms with Crippen LogP contribution in [0.5, 0.6) is 0 Å². The summed E-state index contributed by atoms with van der Waals surface area (Å²) in [5, 5.41) is 3.35. The van der Waals surface area contributed by atoms with E-state index in [1.54, 1.807) is 0 Å². The minimum atomic E-state index is -0.360. The topological polar surface area (TPSA) is 15.3 Å². The molecule has 1 aliphatic heterocycles. The summed E-state index contributed by atoms with van der Waals surface area (Å²) in [6, 6.07) is 5.92. The third-order valence-electron chi connectivity index (χ3n) is 3.47. The second-order valence-electron chi connectivity index (χ2n) is 4.74. The van der Waals surface area contributed by atoms with Crippen LogP contribution in [0, 0.1) is 6.92 Å². The number of aryl methyl sites for hydroxylation is 1.